The average Bonchev–Trinajstić information content (AvgIpc) is 2.85. The minimum Gasteiger partial charge on any atom is -0.394 e. The molecule has 12 N–H and O–H groups in total. The Hall–Kier alpha value is -0.600. The molecule has 0 radical (unpaired) electrons. The largest absolute Gasteiger partial charge is 0.394 e. The Kier molecular flexibility index (Phi) is 31.0. The van der Waals surface area contributed by atoms with Gasteiger partial charge >= 0.3 is 0 Å². The SMILES string of the molecule is OCC(CO)OC(CO)CO.OCC(O)COC(CO)CO.OCC(O)COCC(O)CO. The van der Waals surface area contributed by atoms with E-state index in [-0.39, 0.29) is 79.3 Å². The molecule has 33 heavy (non-hydrogen) atoms. The van der Waals surface area contributed by atoms with Crippen molar-refractivity contribution in [1.29, 1.82) is 0 Å². The standard InChI is InChI=1S/3C6H14O5/c7-1-5(10)4-11-6(2-8)3-9;7-1-5(9)3-11-4-6(10)2-8;7-1-5(2-8)11-6(3-9)4-10/h3*5-10H,1-4H2. The Morgan fingerprint density at radius 1 is 0.394 bits per heavy atom. The van der Waals surface area contributed by atoms with E-state index in [9.17, 15) is 0 Å². The molecular formula is C18H42O15. The zero-order valence-electron chi connectivity index (χ0n) is 18.5. The van der Waals surface area contributed by atoms with Crippen LogP contribution in [0, 0.1) is 0 Å². The second kappa shape index (κ2) is 27.6. The van der Waals surface area contributed by atoms with Crippen LogP contribution in [-0.2, 0) is 14.2 Å². The van der Waals surface area contributed by atoms with Gasteiger partial charge in [-0.05, 0) is 0 Å². The molecule has 204 valence electrons. The zero-order chi connectivity index (χ0) is 26.1. The highest BCUT2D eigenvalue weighted by atomic mass is 16.5. The number of aliphatic hydroxyl groups excluding tert-OH is 12. The first-order valence-corrected chi connectivity index (χ1v) is 10.1. The van der Waals surface area contributed by atoms with Gasteiger partial charge in [-0.1, -0.05) is 0 Å². The fraction of sp³-hybridized carbons (Fsp3) is 1.00. The van der Waals surface area contributed by atoms with Crippen molar-refractivity contribution in [2.45, 2.75) is 36.6 Å². The molecular weight excluding hydrogens is 456 g/mol. The molecule has 0 aromatic rings. The molecule has 0 bridgehead atoms. The van der Waals surface area contributed by atoms with E-state index in [0.717, 1.165) is 0 Å². The van der Waals surface area contributed by atoms with Gasteiger partial charge in [0.2, 0.25) is 0 Å². The van der Waals surface area contributed by atoms with Gasteiger partial charge in [-0.3, -0.25) is 0 Å². The second-order valence-electron chi connectivity index (χ2n) is 6.48. The molecule has 0 saturated heterocycles. The summed E-state index contributed by atoms with van der Waals surface area (Å²) in [5.41, 5.74) is 0. The molecule has 0 fully saturated rings. The maximum atomic E-state index is 8.76. The number of rotatable bonds is 18. The van der Waals surface area contributed by atoms with Crippen molar-refractivity contribution in [3.63, 3.8) is 0 Å². The van der Waals surface area contributed by atoms with Crippen LogP contribution in [0.15, 0.2) is 0 Å². The summed E-state index contributed by atoms with van der Waals surface area (Å²) in [6.45, 7) is -3.17. The third kappa shape index (κ3) is 25.9. The molecule has 0 saturated carbocycles. The van der Waals surface area contributed by atoms with Gasteiger partial charge in [-0.2, -0.15) is 0 Å². The first kappa shape index (κ1) is 37.0. The lowest BCUT2D eigenvalue weighted by molar-refractivity contribution is -0.0956. The molecule has 0 aliphatic rings. The monoisotopic (exact) mass is 498 g/mol. The van der Waals surface area contributed by atoms with Crippen molar-refractivity contribution in [2.75, 3.05) is 79.3 Å². The van der Waals surface area contributed by atoms with Gasteiger partial charge in [0.25, 0.3) is 0 Å². The molecule has 0 rings (SSSR count). The van der Waals surface area contributed by atoms with Crippen molar-refractivity contribution < 1.29 is 75.5 Å². The maximum absolute atomic E-state index is 8.76. The molecule has 0 aromatic heterocycles. The molecule has 3 atom stereocenters. The normalized spacial score (nSPS) is 13.9. The summed E-state index contributed by atoms with van der Waals surface area (Å²) in [5.74, 6) is 0. The van der Waals surface area contributed by atoms with Crippen LogP contribution in [0.5, 0.6) is 0 Å². The van der Waals surface area contributed by atoms with Crippen LogP contribution in [0.3, 0.4) is 0 Å². The third-order valence-corrected chi connectivity index (χ3v) is 3.38. The minimum atomic E-state index is -0.949. The van der Waals surface area contributed by atoms with Crippen LogP contribution in [0.1, 0.15) is 0 Å². The summed E-state index contributed by atoms with van der Waals surface area (Å²) in [6.07, 6.45) is -4.90. The Bertz CT molecular complexity index is 334. The van der Waals surface area contributed by atoms with E-state index in [1.54, 1.807) is 0 Å². The number of aliphatic hydroxyl groups is 12. The van der Waals surface area contributed by atoms with Gasteiger partial charge in [-0.25, -0.2) is 0 Å². The molecule has 15 nitrogen and oxygen atoms in total. The number of ether oxygens (including phenoxy) is 3. The van der Waals surface area contributed by atoms with Crippen molar-refractivity contribution >= 4 is 0 Å². The fourth-order valence-corrected chi connectivity index (χ4v) is 1.47. The van der Waals surface area contributed by atoms with Gasteiger partial charge in [-0.15, -0.1) is 0 Å². The first-order chi connectivity index (χ1) is 15.7. The summed E-state index contributed by atoms with van der Waals surface area (Å²) >= 11 is 0. The van der Waals surface area contributed by atoms with Gasteiger partial charge < -0.3 is 75.5 Å². The predicted molar refractivity (Wildman–Crippen MR) is 111 cm³/mol. The average molecular weight is 499 g/mol. The number of hydrogen-bond acceptors (Lipinski definition) is 15. The van der Waals surface area contributed by atoms with Crippen molar-refractivity contribution in [3.8, 4) is 0 Å². The molecule has 0 aliphatic heterocycles. The fourth-order valence-electron chi connectivity index (χ4n) is 1.47. The van der Waals surface area contributed by atoms with Crippen LogP contribution in [0.4, 0.5) is 0 Å². The molecule has 0 spiro atoms. The summed E-state index contributed by atoms with van der Waals surface area (Å²) in [6, 6.07) is 0. The lowest BCUT2D eigenvalue weighted by atomic mass is 10.3. The lowest BCUT2D eigenvalue weighted by Gasteiger charge is -2.18. The highest BCUT2D eigenvalue weighted by Crippen LogP contribution is 1.96. The molecule has 3 unspecified atom stereocenters. The summed E-state index contributed by atoms with van der Waals surface area (Å²) in [7, 11) is 0. The van der Waals surface area contributed by atoms with Gasteiger partial charge in [0.1, 0.15) is 36.6 Å². The second-order valence-corrected chi connectivity index (χ2v) is 6.48. The highest BCUT2D eigenvalue weighted by Gasteiger charge is 2.13. The molecule has 0 aliphatic carbocycles. The maximum Gasteiger partial charge on any atom is 0.104 e. The minimum absolute atomic E-state index is 0.0342. The first-order valence-electron chi connectivity index (χ1n) is 10.1. The summed E-state index contributed by atoms with van der Waals surface area (Å²) in [4.78, 5) is 0. The molecule has 0 heterocycles. The highest BCUT2D eigenvalue weighted by molar-refractivity contribution is 4.59. The molecule has 15 heteroatoms. The van der Waals surface area contributed by atoms with Crippen LogP contribution in [-0.4, -0.2) is 177 Å². The van der Waals surface area contributed by atoms with Gasteiger partial charge in [0, 0.05) is 0 Å². The molecule has 0 amide bonds. The van der Waals surface area contributed by atoms with E-state index >= 15 is 0 Å². The van der Waals surface area contributed by atoms with E-state index in [4.69, 9.17) is 75.5 Å². The van der Waals surface area contributed by atoms with Crippen molar-refractivity contribution in [1.82, 2.24) is 0 Å². The molecule has 0 aromatic carbocycles. The van der Waals surface area contributed by atoms with E-state index in [1.165, 1.54) is 0 Å². The third-order valence-electron chi connectivity index (χ3n) is 3.38. The quantitative estimate of drug-likeness (QED) is 0.0836. The van der Waals surface area contributed by atoms with E-state index in [1.807, 2.05) is 0 Å². The van der Waals surface area contributed by atoms with Crippen LogP contribution in [0.2, 0.25) is 0 Å². The Labute approximate surface area is 192 Å². The topological polar surface area (TPSA) is 270 Å². The van der Waals surface area contributed by atoms with E-state index in [0.29, 0.717) is 0 Å². The van der Waals surface area contributed by atoms with E-state index in [2.05, 4.69) is 0 Å². The van der Waals surface area contributed by atoms with Crippen molar-refractivity contribution in [3.05, 3.63) is 0 Å². The van der Waals surface area contributed by atoms with Gasteiger partial charge in [0.05, 0.1) is 79.3 Å². The Morgan fingerprint density at radius 3 is 0.970 bits per heavy atom. The van der Waals surface area contributed by atoms with Crippen LogP contribution in [0.25, 0.3) is 0 Å². The van der Waals surface area contributed by atoms with Crippen molar-refractivity contribution in [2.24, 2.45) is 0 Å². The van der Waals surface area contributed by atoms with Crippen LogP contribution < -0.4 is 0 Å². The zero-order valence-corrected chi connectivity index (χ0v) is 18.5. The predicted octanol–water partition coefficient (Wildman–Crippen LogP) is -6.87. The Morgan fingerprint density at radius 2 is 0.697 bits per heavy atom. The summed E-state index contributed by atoms with van der Waals surface area (Å²) in [5, 5.41) is 102. The lowest BCUT2D eigenvalue weighted by Crippen LogP contribution is -2.32. The van der Waals surface area contributed by atoms with Crippen LogP contribution >= 0.6 is 0 Å². The Balaban J connectivity index is -0.000000409. The number of hydrogen-bond donors (Lipinski definition) is 12. The van der Waals surface area contributed by atoms with E-state index < -0.39 is 36.6 Å². The summed E-state index contributed by atoms with van der Waals surface area (Å²) < 4.78 is 14.3. The smallest absolute Gasteiger partial charge is 0.104 e. The van der Waals surface area contributed by atoms with Gasteiger partial charge in [0.15, 0.2) is 0 Å².